The summed E-state index contributed by atoms with van der Waals surface area (Å²) in [6.45, 7) is 1.78. The molecule has 0 unspecified atom stereocenters. The molecule has 0 bridgehead atoms. The average Bonchev–Trinajstić information content (AvgIpc) is 2.02. The van der Waals surface area contributed by atoms with Crippen LogP contribution in [0.25, 0.3) is 0 Å². The van der Waals surface area contributed by atoms with E-state index in [1.54, 1.807) is 11.9 Å². The predicted octanol–water partition coefficient (Wildman–Crippen LogP) is -1.50. The lowest BCUT2D eigenvalue weighted by molar-refractivity contribution is -0.142. The highest BCUT2D eigenvalue weighted by Gasteiger charge is 2.19. The Balaban J connectivity index is 4.08. The number of carboxylic acids is 1. The fourth-order valence-electron chi connectivity index (χ4n) is 1.00. The number of aliphatic carboxylic acids is 1. The summed E-state index contributed by atoms with van der Waals surface area (Å²) in [6, 6.07) is -0.927. The van der Waals surface area contributed by atoms with Gasteiger partial charge in [-0.25, -0.2) is 4.79 Å². The van der Waals surface area contributed by atoms with Gasteiger partial charge in [-0.3, -0.25) is 4.79 Å². The highest BCUT2D eigenvalue weighted by Crippen LogP contribution is 1.90. The molecule has 0 saturated heterocycles. The Kier molecular flexibility index (Phi) is 5.82. The van der Waals surface area contributed by atoms with Gasteiger partial charge in [-0.15, -0.1) is 0 Å². The van der Waals surface area contributed by atoms with Crippen LogP contribution in [0.1, 0.15) is 6.92 Å². The van der Waals surface area contributed by atoms with Crippen LogP contribution in [0.5, 0.6) is 0 Å². The van der Waals surface area contributed by atoms with E-state index in [0.717, 1.165) is 0 Å². The average molecular weight is 204 g/mol. The van der Waals surface area contributed by atoms with Crippen molar-refractivity contribution in [3.05, 3.63) is 0 Å². The molecule has 0 fully saturated rings. The van der Waals surface area contributed by atoms with Crippen molar-refractivity contribution in [2.24, 2.45) is 0 Å². The van der Waals surface area contributed by atoms with E-state index >= 15 is 0 Å². The van der Waals surface area contributed by atoms with E-state index in [9.17, 15) is 9.59 Å². The lowest BCUT2D eigenvalue weighted by atomic mass is 10.2. The third-order valence-electron chi connectivity index (χ3n) is 1.65. The number of carbonyl (C=O) groups is 2. The number of nitrogens with zero attached hydrogens (tertiary/aromatic N) is 1. The highest BCUT2D eigenvalue weighted by molar-refractivity contribution is 5.82. The van der Waals surface area contributed by atoms with Crippen molar-refractivity contribution >= 4 is 11.9 Å². The normalized spacial score (nSPS) is 12.6. The van der Waals surface area contributed by atoms with E-state index < -0.39 is 12.0 Å². The second-order valence-electron chi connectivity index (χ2n) is 3.08. The van der Waals surface area contributed by atoms with Crippen LogP contribution in [0, 0.1) is 0 Å². The van der Waals surface area contributed by atoms with E-state index in [1.807, 2.05) is 0 Å². The Morgan fingerprint density at radius 2 is 2.07 bits per heavy atom. The van der Waals surface area contributed by atoms with Crippen molar-refractivity contribution in [3.8, 4) is 0 Å². The van der Waals surface area contributed by atoms with Crippen molar-refractivity contribution in [2.45, 2.75) is 13.0 Å². The molecule has 0 aromatic rings. The summed E-state index contributed by atoms with van der Waals surface area (Å²) in [4.78, 5) is 23.0. The number of aliphatic hydroxyl groups is 1. The lowest BCUT2D eigenvalue weighted by Crippen LogP contribution is -2.47. The van der Waals surface area contributed by atoms with Crippen molar-refractivity contribution in [3.63, 3.8) is 0 Å². The number of rotatable bonds is 6. The Morgan fingerprint density at radius 3 is 2.43 bits per heavy atom. The third kappa shape index (κ3) is 5.50. The summed E-state index contributed by atoms with van der Waals surface area (Å²) < 4.78 is 0. The van der Waals surface area contributed by atoms with Gasteiger partial charge in [0.1, 0.15) is 6.04 Å². The number of hydrogen-bond acceptors (Lipinski definition) is 4. The molecule has 0 spiro atoms. The molecule has 0 aromatic heterocycles. The second kappa shape index (κ2) is 6.33. The fraction of sp³-hybridized carbons (Fsp3) is 0.750. The molecule has 0 saturated carbocycles. The van der Waals surface area contributed by atoms with Gasteiger partial charge in [-0.05, 0) is 7.05 Å². The lowest BCUT2D eigenvalue weighted by Gasteiger charge is -2.20. The van der Waals surface area contributed by atoms with Crippen molar-refractivity contribution < 1.29 is 19.8 Å². The zero-order chi connectivity index (χ0) is 11.1. The molecule has 0 aliphatic carbocycles. The van der Waals surface area contributed by atoms with E-state index in [-0.39, 0.29) is 19.1 Å². The number of hydrogen-bond donors (Lipinski definition) is 3. The van der Waals surface area contributed by atoms with Crippen LogP contribution < -0.4 is 5.32 Å². The van der Waals surface area contributed by atoms with E-state index in [4.69, 9.17) is 10.2 Å². The van der Waals surface area contributed by atoms with Gasteiger partial charge in [-0.1, -0.05) is 0 Å². The molecule has 0 aliphatic heterocycles. The highest BCUT2D eigenvalue weighted by atomic mass is 16.4. The molecule has 1 amide bonds. The Morgan fingerprint density at radius 1 is 1.50 bits per heavy atom. The quantitative estimate of drug-likeness (QED) is 0.490. The van der Waals surface area contributed by atoms with Crippen molar-refractivity contribution in [1.29, 1.82) is 0 Å². The minimum atomic E-state index is -1.08. The molecule has 0 radical (unpaired) electrons. The van der Waals surface area contributed by atoms with Gasteiger partial charge < -0.3 is 20.4 Å². The first kappa shape index (κ1) is 12.9. The molecule has 3 N–H and O–H groups in total. The first-order valence-electron chi connectivity index (χ1n) is 4.26. The number of nitrogens with one attached hydrogen (secondary N) is 1. The molecular weight excluding hydrogens is 188 g/mol. The molecule has 0 heterocycles. The summed E-state index contributed by atoms with van der Waals surface area (Å²) in [5, 5.41) is 19.6. The van der Waals surface area contributed by atoms with Gasteiger partial charge in [0.05, 0.1) is 6.61 Å². The van der Waals surface area contributed by atoms with Gasteiger partial charge in [-0.2, -0.15) is 0 Å². The smallest absolute Gasteiger partial charge is 0.327 e. The number of carboxylic acid groups (broad SMARTS) is 1. The molecular formula is C8H16N2O4. The minimum absolute atomic E-state index is 0.0388. The van der Waals surface area contributed by atoms with E-state index in [0.29, 0.717) is 6.54 Å². The largest absolute Gasteiger partial charge is 0.480 e. The first-order chi connectivity index (χ1) is 6.47. The Labute approximate surface area is 82.5 Å². The minimum Gasteiger partial charge on any atom is -0.480 e. The van der Waals surface area contributed by atoms with E-state index in [1.165, 1.54) is 6.92 Å². The number of amides is 1. The monoisotopic (exact) mass is 204 g/mol. The van der Waals surface area contributed by atoms with Crippen LogP contribution in [0.4, 0.5) is 0 Å². The standard InChI is InChI=1S/C8H16N2O4/c1-6(12)9-7(8(13)14)5-10(2)3-4-11/h7,11H,3-5H2,1-2H3,(H,9,12)(H,13,14)/t7-/m1/s1. The molecule has 0 aliphatic rings. The fourth-order valence-corrected chi connectivity index (χ4v) is 1.00. The molecule has 6 heteroatoms. The molecule has 6 nitrogen and oxygen atoms in total. The van der Waals surface area contributed by atoms with Gasteiger partial charge in [0, 0.05) is 20.0 Å². The van der Waals surface area contributed by atoms with Gasteiger partial charge >= 0.3 is 5.97 Å². The molecule has 1 atom stereocenters. The van der Waals surface area contributed by atoms with E-state index in [2.05, 4.69) is 5.32 Å². The summed E-state index contributed by atoms with van der Waals surface area (Å²) in [6.07, 6.45) is 0. The SMILES string of the molecule is CC(=O)N[C@H](CN(C)CCO)C(=O)O. The number of likely N-dealkylation sites (N-methyl/N-ethyl adjacent to an activating group) is 1. The summed E-state index contributed by atoms with van der Waals surface area (Å²) in [5.74, 6) is -1.46. The van der Waals surface area contributed by atoms with Crippen LogP contribution in [-0.2, 0) is 9.59 Å². The van der Waals surface area contributed by atoms with Crippen molar-refractivity contribution in [1.82, 2.24) is 10.2 Å². The van der Waals surface area contributed by atoms with Gasteiger partial charge in [0.15, 0.2) is 0 Å². The summed E-state index contributed by atoms with van der Waals surface area (Å²) in [7, 11) is 1.67. The maximum Gasteiger partial charge on any atom is 0.327 e. The maximum atomic E-state index is 10.7. The molecule has 14 heavy (non-hydrogen) atoms. The van der Waals surface area contributed by atoms with Crippen LogP contribution in [0.2, 0.25) is 0 Å². The third-order valence-corrected chi connectivity index (χ3v) is 1.65. The van der Waals surface area contributed by atoms with Crippen LogP contribution in [-0.4, -0.2) is 59.8 Å². The number of carbonyl (C=O) groups excluding carboxylic acids is 1. The molecule has 0 rings (SSSR count). The molecule has 82 valence electrons. The Bertz CT molecular complexity index is 208. The van der Waals surface area contributed by atoms with Gasteiger partial charge in [0.25, 0.3) is 0 Å². The van der Waals surface area contributed by atoms with Crippen LogP contribution in [0.15, 0.2) is 0 Å². The van der Waals surface area contributed by atoms with Crippen LogP contribution in [0.3, 0.4) is 0 Å². The zero-order valence-corrected chi connectivity index (χ0v) is 8.36. The van der Waals surface area contributed by atoms with Crippen molar-refractivity contribution in [2.75, 3.05) is 26.7 Å². The Hall–Kier alpha value is -1.14. The topological polar surface area (TPSA) is 89.9 Å². The zero-order valence-electron chi connectivity index (χ0n) is 8.36. The first-order valence-corrected chi connectivity index (χ1v) is 4.26. The summed E-state index contributed by atoms with van der Waals surface area (Å²) in [5.41, 5.74) is 0. The van der Waals surface area contributed by atoms with Gasteiger partial charge in [0.2, 0.25) is 5.91 Å². The maximum absolute atomic E-state index is 10.7. The second-order valence-corrected chi connectivity index (χ2v) is 3.08. The number of aliphatic hydroxyl groups excluding tert-OH is 1. The predicted molar refractivity (Wildman–Crippen MR) is 49.8 cm³/mol. The van der Waals surface area contributed by atoms with Crippen LogP contribution >= 0.6 is 0 Å². The molecule has 0 aromatic carbocycles. The summed E-state index contributed by atoms with van der Waals surface area (Å²) >= 11 is 0.